The molecule has 3 aromatic carbocycles. The van der Waals surface area contributed by atoms with E-state index in [2.05, 4.69) is 0 Å². The van der Waals surface area contributed by atoms with Crippen molar-refractivity contribution in [3.05, 3.63) is 84.4 Å². The second-order valence-corrected chi connectivity index (χ2v) is 13.0. The van der Waals surface area contributed by atoms with Crippen LogP contribution in [-0.2, 0) is 19.9 Å². The lowest BCUT2D eigenvalue weighted by Gasteiger charge is -2.38. The van der Waals surface area contributed by atoms with Crippen LogP contribution in [0, 0.1) is 0 Å². The minimum atomic E-state index is -3.98. The van der Waals surface area contributed by atoms with Crippen LogP contribution in [0.5, 0.6) is 5.75 Å². The zero-order valence-electron chi connectivity index (χ0n) is 21.5. The van der Waals surface area contributed by atoms with E-state index in [9.17, 15) is 21.6 Å². The Bertz CT molecular complexity index is 1480. The van der Waals surface area contributed by atoms with Crippen LogP contribution in [0.3, 0.4) is 0 Å². The van der Waals surface area contributed by atoms with Gasteiger partial charge in [0.05, 0.1) is 27.4 Å². The predicted molar refractivity (Wildman–Crippen MR) is 144 cm³/mol. The summed E-state index contributed by atoms with van der Waals surface area (Å²) in [6.07, 6.45) is 1.55. The number of benzene rings is 3. The molecule has 1 amide bonds. The number of sulfone groups is 1. The Morgan fingerprint density at radius 1 is 0.868 bits per heavy atom. The number of carbonyl (C=O) groups excluding carboxylic acids is 1. The molecule has 0 radical (unpaired) electrons. The summed E-state index contributed by atoms with van der Waals surface area (Å²) >= 11 is 0. The minimum Gasteiger partial charge on any atom is -0.496 e. The van der Waals surface area contributed by atoms with E-state index in [-0.39, 0.29) is 26.6 Å². The Morgan fingerprint density at radius 2 is 1.47 bits per heavy atom. The summed E-state index contributed by atoms with van der Waals surface area (Å²) in [5, 5.41) is 0. The highest BCUT2D eigenvalue weighted by Gasteiger charge is 2.35. The van der Waals surface area contributed by atoms with Gasteiger partial charge in [-0.2, -0.15) is 4.31 Å². The van der Waals surface area contributed by atoms with Crippen LogP contribution >= 0.6 is 0 Å². The van der Waals surface area contributed by atoms with Crippen LogP contribution in [-0.4, -0.2) is 64.7 Å². The minimum absolute atomic E-state index is 0.0597. The Balaban J connectivity index is 1.55. The predicted octanol–water partition coefficient (Wildman–Crippen LogP) is 4.23. The van der Waals surface area contributed by atoms with Crippen LogP contribution in [0.2, 0.25) is 0 Å². The molecular formula is C28H32N2O6S2. The number of para-hydroxylation sites is 1. The second-order valence-electron chi connectivity index (χ2n) is 9.13. The third-order valence-corrected chi connectivity index (χ3v) is 10.4. The quantitative estimate of drug-likeness (QED) is 0.391. The molecule has 0 atom stereocenters. The number of hydrogen-bond donors (Lipinski definition) is 0. The first kappa shape index (κ1) is 27.8. The number of sulfonamides is 1. The molecule has 0 unspecified atom stereocenters. The van der Waals surface area contributed by atoms with Gasteiger partial charge in [0.15, 0.2) is 0 Å². The number of piperidine rings is 1. The molecule has 10 heteroatoms. The second kappa shape index (κ2) is 11.7. The van der Waals surface area contributed by atoms with E-state index in [0.29, 0.717) is 50.2 Å². The summed E-state index contributed by atoms with van der Waals surface area (Å²) in [6.45, 7) is 3.00. The van der Waals surface area contributed by atoms with E-state index in [1.54, 1.807) is 47.4 Å². The molecule has 8 nitrogen and oxygen atoms in total. The summed E-state index contributed by atoms with van der Waals surface area (Å²) < 4.78 is 60.6. The van der Waals surface area contributed by atoms with Gasteiger partial charge in [-0.1, -0.05) is 43.3 Å². The van der Waals surface area contributed by atoms with Crippen LogP contribution in [0.4, 0.5) is 0 Å². The van der Waals surface area contributed by atoms with Gasteiger partial charge < -0.3 is 9.64 Å². The van der Waals surface area contributed by atoms with Gasteiger partial charge in [-0.25, -0.2) is 16.8 Å². The first-order chi connectivity index (χ1) is 18.2. The average Bonchev–Trinajstić information content (AvgIpc) is 2.96. The largest absolute Gasteiger partial charge is 0.496 e. The molecule has 38 heavy (non-hydrogen) atoms. The van der Waals surface area contributed by atoms with Crippen molar-refractivity contribution < 1.29 is 26.4 Å². The highest BCUT2D eigenvalue weighted by Crippen LogP contribution is 2.29. The first-order valence-corrected chi connectivity index (χ1v) is 15.5. The number of nitrogens with zero attached hydrogens (tertiary/aromatic N) is 2. The normalized spacial score (nSPS) is 15.0. The van der Waals surface area contributed by atoms with E-state index in [4.69, 9.17) is 4.74 Å². The monoisotopic (exact) mass is 556 g/mol. The summed E-state index contributed by atoms with van der Waals surface area (Å²) in [5.41, 5.74) is 0.475. The first-order valence-electron chi connectivity index (χ1n) is 12.5. The van der Waals surface area contributed by atoms with Crippen LogP contribution in [0.15, 0.2) is 93.5 Å². The summed E-state index contributed by atoms with van der Waals surface area (Å²) in [7, 11) is -6.33. The Labute approximate surface area is 224 Å². The fourth-order valence-corrected chi connectivity index (χ4v) is 7.97. The van der Waals surface area contributed by atoms with Gasteiger partial charge in [0.2, 0.25) is 19.9 Å². The summed E-state index contributed by atoms with van der Waals surface area (Å²) in [6, 6.07) is 20.2. The Kier molecular flexibility index (Phi) is 8.54. The van der Waals surface area contributed by atoms with E-state index in [0.717, 1.165) is 0 Å². The summed E-state index contributed by atoms with van der Waals surface area (Å²) in [5.74, 6) is 0.352. The molecule has 0 bridgehead atoms. The van der Waals surface area contributed by atoms with E-state index < -0.39 is 19.9 Å². The van der Waals surface area contributed by atoms with Gasteiger partial charge in [0.1, 0.15) is 5.75 Å². The smallest absolute Gasteiger partial charge is 0.257 e. The molecule has 202 valence electrons. The standard InChI is InChI=1S/C28H32N2O6S2/c1-3-18-30(22-16-19-29(20-17-22)28(31)26-14-7-8-15-27(26)36-2)38(34,35)25-13-9-12-24(21-25)37(32,33)23-10-5-4-6-11-23/h4-15,21-22H,3,16-20H2,1-2H3. The number of amides is 1. The number of rotatable bonds is 9. The van der Waals surface area contributed by atoms with Crippen molar-refractivity contribution in [1.29, 1.82) is 0 Å². The Hall–Kier alpha value is -3.21. The highest BCUT2D eigenvalue weighted by atomic mass is 32.2. The van der Waals surface area contributed by atoms with E-state index in [1.165, 1.54) is 47.8 Å². The highest BCUT2D eigenvalue weighted by molar-refractivity contribution is 7.91. The van der Waals surface area contributed by atoms with Gasteiger partial charge >= 0.3 is 0 Å². The average molecular weight is 557 g/mol. The lowest BCUT2D eigenvalue weighted by Crippen LogP contribution is -2.49. The van der Waals surface area contributed by atoms with Gasteiger partial charge in [-0.15, -0.1) is 0 Å². The van der Waals surface area contributed by atoms with E-state index >= 15 is 0 Å². The SMILES string of the molecule is CCCN(C1CCN(C(=O)c2ccccc2OC)CC1)S(=O)(=O)c1cccc(S(=O)(=O)c2ccccc2)c1. The number of hydrogen-bond acceptors (Lipinski definition) is 6. The molecule has 0 saturated carbocycles. The topological polar surface area (TPSA) is 101 Å². The molecule has 1 fully saturated rings. The molecule has 1 aliphatic rings. The van der Waals surface area contributed by atoms with Gasteiger partial charge in [-0.3, -0.25) is 4.79 Å². The third-order valence-electron chi connectivity index (χ3n) is 6.72. The molecule has 0 N–H and O–H groups in total. The van der Waals surface area contributed by atoms with Gasteiger partial charge in [-0.05, 0) is 61.7 Å². The van der Waals surface area contributed by atoms with Crippen molar-refractivity contribution in [1.82, 2.24) is 9.21 Å². The molecule has 1 aliphatic heterocycles. The van der Waals surface area contributed by atoms with Crippen LogP contribution < -0.4 is 4.74 Å². The van der Waals surface area contributed by atoms with Crippen molar-refractivity contribution in [3.8, 4) is 5.75 Å². The molecule has 0 aliphatic carbocycles. The summed E-state index contributed by atoms with van der Waals surface area (Å²) in [4.78, 5) is 14.8. The molecule has 0 aromatic heterocycles. The number of ether oxygens (including phenoxy) is 1. The lowest BCUT2D eigenvalue weighted by atomic mass is 10.0. The molecular weight excluding hydrogens is 524 g/mol. The Morgan fingerprint density at radius 3 is 2.13 bits per heavy atom. The van der Waals surface area contributed by atoms with E-state index in [1.807, 2.05) is 6.92 Å². The zero-order chi connectivity index (χ0) is 27.3. The number of likely N-dealkylation sites (tertiary alicyclic amines) is 1. The van der Waals surface area contributed by atoms with Gasteiger partial charge in [0.25, 0.3) is 5.91 Å². The molecule has 3 aromatic rings. The van der Waals surface area contributed by atoms with Crippen molar-refractivity contribution in [3.63, 3.8) is 0 Å². The molecule has 1 saturated heterocycles. The maximum absolute atomic E-state index is 13.8. The maximum atomic E-state index is 13.8. The fourth-order valence-electron chi connectivity index (χ4n) is 4.74. The zero-order valence-corrected chi connectivity index (χ0v) is 23.1. The van der Waals surface area contributed by atoms with Crippen molar-refractivity contribution in [2.45, 2.75) is 46.9 Å². The number of carbonyl (C=O) groups is 1. The third kappa shape index (κ3) is 5.62. The molecule has 1 heterocycles. The maximum Gasteiger partial charge on any atom is 0.257 e. The number of methoxy groups -OCH3 is 1. The van der Waals surface area contributed by atoms with Crippen molar-refractivity contribution >= 4 is 25.8 Å². The van der Waals surface area contributed by atoms with Crippen molar-refractivity contribution in [2.24, 2.45) is 0 Å². The lowest BCUT2D eigenvalue weighted by molar-refractivity contribution is 0.0675. The molecule has 0 spiro atoms. The van der Waals surface area contributed by atoms with Crippen molar-refractivity contribution in [2.75, 3.05) is 26.7 Å². The van der Waals surface area contributed by atoms with Crippen LogP contribution in [0.1, 0.15) is 36.5 Å². The fraction of sp³-hybridized carbons (Fsp3) is 0.321. The molecule has 4 rings (SSSR count). The van der Waals surface area contributed by atoms with Crippen LogP contribution in [0.25, 0.3) is 0 Å². The van der Waals surface area contributed by atoms with Gasteiger partial charge in [0, 0.05) is 25.7 Å².